The number of aryl methyl sites for hydroxylation is 1. The van der Waals surface area contributed by atoms with Crippen LogP contribution < -0.4 is 5.32 Å². The number of fused-ring (bicyclic) bond motifs is 1. The molecule has 0 fully saturated rings. The zero-order valence-electron chi connectivity index (χ0n) is 12.6. The molecule has 1 aromatic rings. The van der Waals surface area contributed by atoms with Gasteiger partial charge in [-0.05, 0) is 40.0 Å². The number of hydrogen-bond donors (Lipinski definition) is 1. The molecule has 1 aliphatic rings. The van der Waals surface area contributed by atoms with Gasteiger partial charge >= 0.3 is 0 Å². The number of nitrogens with zero attached hydrogens (tertiary/aromatic N) is 1. The van der Waals surface area contributed by atoms with Gasteiger partial charge in [-0.15, -0.1) is 11.3 Å². The van der Waals surface area contributed by atoms with Gasteiger partial charge in [0.15, 0.2) is 0 Å². The maximum absolute atomic E-state index is 4.84. The lowest BCUT2D eigenvalue weighted by molar-refractivity contribution is 0.336. The Hall–Kier alpha value is -0.410. The zero-order valence-corrected chi connectivity index (χ0v) is 13.4. The summed E-state index contributed by atoms with van der Waals surface area (Å²) >= 11 is 1.92. The van der Waals surface area contributed by atoms with Gasteiger partial charge in [0.25, 0.3) is 0 Å². The van der Waals surface area contributed by atoms with E-state index in [0.717, 1.165) is 12.8 Å². The van der Waals surface area contributed by atoms with Crippen molar-refractivity contribution in [1.82, 2.24) is 10.3 Å². The van der Waals surface area contributed by atoms with Gasteiger partial charge in [0.05, 0.1) is 10.7 Å². The Kier molecular flexibility index (Phi) is 3.58. The molecule has 102 valence electrons. The summed E-state index contributed by atoms with van der Waals surface area (Å²) in [6.07, 6.45) is 3.51. The van der Waals surface area contributed by atoms with E-state index in [-0.39, 0.29) is 11.0 Å². The fourth-order valence-corrected chi connectivity index (χ4v) is 3.68. The molecule has 1 heterocycles. The second-order valence-electron chi connectivity index (χ2n) is 7.47. The van der Waals surface area contributed by atoms with E-state index in [1.54, 1.807) is 0 Å². The largest absolute Gasteiger partial charge is 0.309 e. The summed E-state index contributed by atoms with van der Waals surface area (Å²) in [6, 6.07) is 0.616. The van der Waals surface area contributed by atoms with E-state index in [0.29, 0.717) is 6.04 Å². The van der Waals surface area contributed by atoms with Crippen LogP contribution >= 0.6 is 11.3 Å². The van der Waals surface area contributed by atoms with Crippen molar-refractivity contribution in [2.75, 3.05) is 0 Å². The van der Waals surface area contributed by atoms with E-state index in [1.165, 1.54) is 22.0 Å². The molecule has 0 aromatic carbocycles. The lowest BCUT2D eigenvalue weighted by Crippen LogP contribution is -2.45. The highest BCUT2D eigenvalue weighted by molar-refractivity contribution is 7.11. The molecular weight excluding hydrogens is 240 g/mol. The molecule has 0 spiro atoms. The Morgan fingerprint density at radius 2 is 1.83 bits per heavy atom. The van der Waals surface area contributed by atoms with Crippen LogP contribution in [0.2, 0.25) is 0 Å². The van der Waals surface area contributed by atoms with E-state index in [9.17, 15) is 0 Å². The second kappa shape index (κ2) is 4.61. The molecule has 1 aliphatic carbocycles. The van der Waals surface area contributed by atoms with Gasteiger partial charge in [-0.2, -0.15) is 0 Å². The van der Waals surface area contributed by atoms with E-state index in [1.807, 2.05) is 11.3 Å². The lowest BCUT2D eigenvalue weighted by atomic mass is 9.94. The molecule has 1 atom stereocenters. The highest BCUT2D eigenvalue weighted by Gasteiger charge is 2.28. The van der Waals surface area contributed by atoms with Gasteiger partial charge in [-0.25, -0.2) is 4.98 Å². The SMILES string of the molecule is CC(C)(C)NC1CCc2nc(C(C)(C)C)sc2C1. The van der Waals surface area contributed by atoms with E-state index >= 15 is 0 Å². The molecule has 3 heteroatoms. The molecule has 1 aromatic heterocycles. The minimum Gasteiger partial charge on any atom is -0.309 e. The summed E-state index contributed by atoms with van der Waals surface area (Å²) in [5.74, 6) is 0. The summed E-state index contributed by atoms with van der Waals surface area (Å²) in [7, 11) is 0. The van der Waals surface area contributed by atoms with E-state index in [4.69, 9.17) is 4.98 Å². The molecule has 0 saturated heterocycles. The van der Waals surface area contributed by atoms with Gasteiger partial charge in [0.2, 0.25) is 0 Å². The maximum atomic E-state index is 4.84. The third-order valence-electron chi connectivity index (χ3n) is 3.22. The van der Waals surface area contributed by atoms with Crippen molar-refractivity contribution < 1.29 is 0 Å². The third kappa shape index (κ3) is 3.33. The first-order valence-electron chi connectivity index (χ1n) is 6.92. The minimum atomic E-state index is 0.189. The zero-order chi connectivity index (χ0) is 13.6. The molecule has 18 heavy (non-hydrogen) atoms. The molecule has 1 N–H and O–H groups in total. The average Bonchev–Trinajstić information content (AvgIpc) is 2.57. The van der Waals surface area contributed by atoms with Crippen molar-refractivity contribution in [3.05, 3.63) is 15.6 Å². The molecule has 1 unspecified atom stereocenters. The first kappa shape index (κ1) is 14.0. The van der Waals surface area contributed by atoms with Crippen LogP contribution in [0.1, 0.15) is 63.5 Å². The summed E-state index contributed by atoms with van der Waals surface area (Å²) < 4.78 is 0. The number of thiazole rings is 1. The normalized spacial score (nSPS) is 20.9. The van der Waals surface area contributed by atoms with Crippen LogP contribution in [0.5, 0.6) is 0 Å². The van der Waals surface area contributed by atoms with Crippen molar-refractivity contribution in [2.24, 2.45) is 0 Å². The quantitative estimate of drug-likeness (QED) is 0.838. The number of rotatable bonds is 1. The van der Waals surface area contributed by atoms with Gasteiger partial charge in [-0.3, -0.25) is 0 Å². The fraction of sp³-hybridized carbons (Fsp3) is 0.800. The van der Waals surface area contributed by atoms with Crippen molar-refractivity contribution >= 4 is 11.3 Å². The van der Waals surface area contributed by atoms with Crippen LogP contribution in [-0.4, -0.2) is 16.6 Å². The molecule has 2 nitrogen and oxygen atoms in total. The lowest BCUT2D eigenvalue weighted by Gasteiger charge is -2.30. The monoisotopic (exact) mass is 266 g/mol. The van der Waals surface area contributed by atoms with Gasteiger partial charge in [-0.1, -0.05) is 20.8 Å². The Labute approximate surface area is 115 Å². The molecule has 2 rings (SSSR count). The van der Waals surface area contributed by atoms with Gasteiger partial charge < -0.3 is 5.32 Å². The topological polar surface area (TPSA) is 24.9 Å². The van der Waals surface area contributed by atoms with Gasteiger partial charge in [0.1, 0.15) is 0 Å². The van der Waals surface area contributed by atoms with Crippen LogP contribution in [0.3, 0.4) is 0 Å². The average molecular weight is 266 g/mol. The van der Waals surface area contributed by atoms with Crippen molar-refractivity contribution in [3.8, 4) is 0 Å². The molecular formula is C15H26N2S. The smallest absolute Gasteiger partial charge is 0.0984 e. The second-order valence-corrected chi connectivity index (χ2v) is 8.56. The van der Waals surface area contributed by atoms with Crippen molar-refractivity contribution in [2.45, 2.75) is 77.8 Å². The molecule has 0 radical (unpaired) electrons. The van der Waals surface area contributed by atoms with Gasteiger partial charge in [0, 0.05) is 21.9 Å². The maximum Gasteiger partial charge on any atom is 0.0984 e. The van der Waals surface area contributed by atoms with Crippen LogP contribution in [0.4, 0.5) is 0 Å². The van der Waals surface area contributed by atoms with Crippen LogP contribution in [0, 0.1) is 0 Å². The number of hydrogen-bond acceptors (Lipinski definition) is 3. The van der Waals surface area contributed by atoms with E-state index in [2.05, 4.69) is 46.9 Å². The molecule has 0 aliphatic heterocycles. The summed E-state index contributed by atoms with van der Waals surface area (Å²) in [5, 5.41) is 5.02. The number of aromatic nitrogens is 1. The standard InChI is InChI=1S/C15H26N2S/c1-14(2,3)13-16-11-8-7-10(9-12(11)18-13)17-15(4,5)6/h10,17H,7-9H2,1-6H3. The van der Waals surface area contributed by atoms with E-state index < -0.39 is 0 Å². The third-order valence-corrected chi connectivity index (χ3v) is 4.76. The van der Waals surface area contributed by atoms with Crippen molar-refractivity contribution in [1.29, 1.82) is 0 Å². The summed E-state index contributed by atoms with van der Waals surface area (Å²) in [6.45, 7) is 13.5. The van der Waals surface area contributed by atoms with Crippen LogP contribution in [0.25, 0.3) is 0 Å². The molecule has 0 bridgehead atoms. The first-order chi connectivity index (χ1) is 8.15. The first-order valence-corrected chi connectivity index (χ1v) is 7.73. The molecule has 0 amide bonds. The van der Waals surface area contributed by atoms with Crippen molar-refractivity contribution in [3.63, 3.8) is 0 Å². The van der Waals surface area contributed by atoms with Crippen LogP contribution in [0.15, 0.2) is 0 Å². The Balaban J connectivity index is 2.13. The summed E-state index contributed by atoms with van der Waals surface area (Å²) in [5.41, 5.74) is 1.76. The highest BCUT2D eigenvalue weighted by atomic mass is 32.1. The molecule has 0 saturated carbocycles. The number of nitrogens with one attached hydrogen (secondary N) is 1. The Morgan fingerprint density at radius 1 is 1.17 bits per heavy atom. The Bertz CT molecular complexity index is 421. The predicted octanol–water partition coefficient (Wildman–Crippen LogP) is 3.69. The minimum absolute atomic E-state index is 0.189. The Morgan fingerprint density at radius 3 is 2.39 bits per heavy atom. The fourth-order valence-electron chi connectivity index (χ4n) is 2.43. The predicted molar refractivity (Wildman–Crippen MR) is 79.5 cm³/mol. The van der Waals surface area contributed by atoms with Crippen LogP contribution in [-0.2, 0) is 18.3 Å². The highest BCUT2D eigenvalue weighted by Crippen LogP contribution is 2.33. The summed E-state index contributed by atoms with van der Waals surface area (Å²) in [4.78, 5) is 6.35.